The van der Waals surface area contributed by atoms with Gasteiger partial charge in [0.25, 0.3) is 0 Å². The maximum atomic E-state index is 13.4. The van der Waals surface area contributed by atoms with Crippen LogP contribution < -0.4 is 16.0 Å². The molecular formula is C30H43F2N5OS. The van der Waals surface area contributed by atoms with Crippen LogP contribution in [0, 0.1) is 36.8 Å². The first kappa shape index (κ1) is 35.8. The minimum atomic E-state index is -0.260. The van der Waals surface area contributed by atoms with Gasteiger partial charge in [-0.15, -0.1) is 0 Å². The highest BCUT2D eigenvalue weighted by molar-refractivity contribution is 7.92. The third kappa shape index (κ3) is 16.4. The van der Waals surface area contributed by atoms with Crippen LogP contribution >= 0.6 is 12.2 Å². The van der Waals surface area contributed by atoms with Gasteiger partial charge in [-0.3, -0.25) is 4.98 Å². The van der Waals surface area contributed by atoms with Gasteiger partial charge in [-0.25, -0.2) is 14.2 Å². The lowest BCUT2D eigenvalue weighted by molar-refractivity contribution is 0.402. The van der Waals surface area contributed by atoms with Crippen molar-refractivity contribution in [1.29, 1.82) is 5.26 Å². The molecule has 0 amide bonds. The van der Waals surface area contributed by atoms with Gasteiger partial charge in [0.05, 0.1) is 17.3 Å². The van der Waals surface area contributed by atoms with Crippen LogP contribution in [0.3, 0.4) is 0 Å². The molecule has 0 aliphatic carbocycles. The molecule has 214 valence electrons. The number of aryl methyl sites for hydroxylation is 3. The molecule has 0 saturated carbocycles. The summed E-state index contributed by atoms with van der Waals surface area (Å²) in [5, 5.41) is 8.66. The van der Waals surface area contributed by atoms with Crippen molar-refractivity contribution in [2.75, 3.05) is 0 Å². The first-order chi connectivity index (χ1) is 18.4. The van der Waals surface area contributed by atoms with Crippen molar-refractivity contribution in [1.82, 2.24) is 15.2 Å². The van der Waals surface area contributed by atoms with E-state index in [0.29, 0.717) is 34.6 Å². The zero-order valence-electron chi connectivity index (χ0n) is 24.2. The Kier molecular flexibility index (Phi) is 18.2. The quantitative estimate of drug-likeness (QED) is 0.0520. The fourth-order valence-electron chi connectivity index (χ4n) is 2.74. The molecule has 2 rings (SSSR count). The predicted octanol–water partition coefficient (Wildman–Crippen LogP) is 7.77. The molecule has 4 N–H and O–H groups in total. The third-order valence-electron chi connectivity index (χ3n) is 4.95. The summed E-state index contributed by atoms with van der Waals surface area (Å²) in [6.45, 7) is 17.3. The maximum Gasteiger partial charge on any atom is 0.159 e. The fraction of sp³-hybridized carbons (Fsp3) is 0.400. The number of rotatable bonds is 10. The van der Waals surface area contributed by atoms with E-state index in [1.807, 2.05) is 26.0 Å². The number of aromatic nitrogens is 1. The monoisotopic (exact) mass is 559 g/mol. The van der Waals surface area contributed by atoms with Crippen LogP contribution in [-0.4, -0.2) is 10.5 Å². The number of hydrogen-bond donors (Lipinski definition) is 3. The predicted molar refractivity (Wildman–Crippen MR) is 160 cm³/mol. The molecule has 9 heteroatoms. The number of nitrogens with one attached hydrogen (secondary N) is 2. The summed E-state index contributed by atoms with van der Waals surface area (Å²) in [4.78, 5) is 6.61. The Morgan fingerprint density at radius 3 is 2.41 bits per heavy atom. The number of nitrogens with two attached hydrogens (primary N) is 1. The van der Waals surface area contributed by atoms with E-state index in [9.17, 15) is 8.78 Å². The van der Waals surface area contributed by atoms with Crippen LogP contribution in [0.4, 0.5) is 8.78 Å². The van der Waals surface area contributed by atoms with Crippen LogP contribution in [0.2, 0.25) is 0 Å². The Balaban J connectivity index is 0.000000587. The molecule has 0 fully saturated rings. The Bertz CT molecular complexity index is 1100. The van der Waals surface area contributed by atoms with Crippen LogP contribution in [0.1, 0.15) is 76.3 Å². The van der Waals surface area contributed by atoms with E-state index >= 15 is 0 Å². The highest BCUT2D eigenvalue weighted by atomic mass is 32.2. The van der Waals surface area contributed by atoms with Crippen molar-refractivity contribution in [2.45, 2.75) is 79.7 Å². The second-order valence-electron chi connectivity index (χ2n) is 9.53. The number of hydrogen-bond acceptors (Lipinski definition) is 7. The van der Waals surface area contributed by atoms with Crippen molar-refractivity contribution >= 4 is 17.8 Å². The minimum absolute atomic E-state index is 0.0000819. The van der Waals surface area contributed by atoms with Crippen LogP contribution in [0.5, 0.6) is 0 Å². The number of nitrogens with zero attached hydrogens (tertiary/aromatic N) is 2. The van der Waals surface area contributed by atoms with Crippen molar-refractivity contribution in [2.24, 2.45) is 5.73 Å². The summed E-state index contributed by atoms with van der Waals surface area (Å²) in [6, 6.07) is 8.05. The highest BCUT2D eigenvalue weighted by Crippen LogP contribution is 2.21. The number of hydrazine groups is 1. The molecule has 0 bridgehead atoms. The third-order valence-corrected chi connectivity index (χ3v) is 5.41. The number of nitriles is 1. The zero-order chi connectivity index (χ0) is 29.8. The largest absolute Gasteiger partial charge is 0.407 e. The van der Waals surface area contributed by atoms with Gasteiger partial charge in [-0.05, 0) is 88.4 Å². The van der Waals surface area contributed by atoms with Gasteiger partial charge in [0.2, 0.25) is 0 Å². The summed E-state index contributed by atoms with van der Waals surface area (Å²) in [5.41, 5.74) is 11.5. The number of unbranched alkanes of at least 4 members (excludes halogenated alkanes) is 2. The summed E-state index contributed by atoms with van der Waals surface area (Å²) >= 11 is 1.12. The van der Waals surface area contributed by atoms with E-state index in [1.54, 1.807) is 25.3 Å². The van der Waals surface area contributed by atoms with Gasteiger partial charge in [-0.1, -0.05) is 45.4 Å². The van der Waals surface area contributed by atoms with E-state index in [1.165, 1.54) is 31.2 Å². The summed E-state index contributed by atoms with van der Waals surface area (Å²) in [5.74, 6) is 0.145. The average molecular weight is 560 g/mol. The highest BCUT2D eigenvalue weighted by Gasteiger charge is 2.08. The summed E-state index contributed by atoms with van der Waals surface area (Å²) in [6.07, 6.45) is 11.1. The smallest absolute Gasteiger partial charge is 0.159 e. The molecule has 1 aromatic heterocycles. The molecule has 0 spiro atoms. The molecule has 0 unspecified atom stereocenters. The van der Waals surface area contributed by atoms with Crippen molar-refractivity contribution in [3.63, 3.8) is 0 Å². The molecule has 0 radical (unpaired) electrons. The van der Waals surface area contributed by atoms with E-state index in [-0.39, 0.29) is 17.2 Å². The SMILES string of the molecule is C=C(C#N)c1cc(F)c(CC)cc1C.CCCC/C=C\C(=C/N)OSNNC(C)(C)C.Cc1ncccc1F. The van der Waals surface area contributed by atoms with Crippen LogP contribution in [0.25, 0.3) is 5.57 Å². The Hall–Kier alpha value is -3.19. The minimum Gasteiger partial charge on any atom is -0.407 e. The average Bonchev–Trinajstić information content (AvgIpc) is 2.90. The second-order valence-corrected chi connectivity index (χ2v) is 10.1. The van der Waals surface area contributed by atoms with Gasteiger partial charge in [0, 0.05) is 17.9 Å². The Morgan fingerprint density at radius 1 is 1.23 bits per heavy atom. The lowest BCUT2D eigenvalue weighted by Crippen LogP contribution is -2.42. The summed E-state index contributed by atoms with van der Waals surface area (Å²) < 4.78 is 31.0. The normalized spacial score (nSPS) is 11.1. The molecule has 1 aromatic carbocycles. The van der Waals surface area contributed by atoms with Crippen molar-refractivity contribution in [3.05, 3.63) is 95.2 Å². The van der Waals surface area contributed by atoms with E-state index in [4.69, 9.17) is 15.2 Å². The second kappa shape index (κ2) is 19.8. The lowest BCUT2D eigenvalue weighted by atomic mass is 9.99. The van der Waals surface area contributed by atoms with E-state index in [2.05, 4.69) is 55.6 Å². The van der Waals surface area contributed by atoms with Gasteiger partial charge in [0.15, 0.2) is 18.0 Å². The van der Waals surface area contributed by atoms with Crippen LogP contribution in [-0.2, 0) is 10.6 Å². The molecule has 6 nitrogen and oxygen atoms in total. The first-order valence-electron chi connectivity index (χ1n) is 12.8. The molecule has 0 atom stereocenters. The molecule has 0 saturated heterocycles. The van der Waals surface area contributed by atoms with E-state index in [0.717, 1.165) is 24.2 Å². The topological polar surface area (TPSA) is 96.0 Å². The molecule has 0 aliphatic heterocycles. The molecule has 1 heterocycles. The molecule has 39 heavy (non-hydrogen) atoms. The van der Waals surface area contributed by atoms with Crippen molar-refractivity contribution in [3.8, 4) is 6.07 Å². The van der Waals surface area contributed by atoms with Gasteiger partial charge in [-0.2, -0.15) is 10.1 Å². The standard InChI is InChI=1S/C12H12FN.C12H25N3OS.C6H6FN/c1-4-10-5-8(2)11(6-12(10)13)9(3)7-14;1-5-6-7-8-9-11(10-13)16-17-15-14-12(2,3)4;1-5-6(7)3-2-4-8-5/h5-6H,3-4H2,1-2H3;8-10,14-15H,5-7,13H2,1-4H3;2-4H,1H3/b;9-8-,11-10+;. The zero-order valence-corrected chi connectivity index (χ0v) is 25.0. The van der Waals surface area contributed by atoms with Crippen LogP contribution in [0.15, 0.2) is 61.2 Å². The van der Waals surface area contributed by atoms with Gasteiger partial charge < -0.3 is 9.92 Å². The Labute approximate surface area is 237 Å². The Morgan fingerprint density at radius 2 is 1.92 bits per heavy atom. The van der Waals surface area contributed by atoms with E-state index < -0.39 is 0 Å². The molecular weight excluding hydrogens is 516 g/mol. The summed E-state index contributed by atoms with van der Waals surface area (Å²) in [7, 11) is 0. The number of pyridine rings is 1. The van der Waals surface area contributed by atoms with Gasteiger partial charge >= 0.3 is 0 Å². The fourth-order valence-corrected chi connectivity index (χ4v) is 3.33. The lowest BCUT2D eigenvalue weighted by Gasteiger charge is -2.19. The number of benzene rings is 1. The van der Waals surface area contributed by atoms with Crippen molar-refractivity contribution < 1.29 is 13.0 Å². The first-order valence-corrected chi connectivity index (χ1v) is 13.5. The number of allylic oxidation sites excluding steroid dienone is 3. The van der Waals surface area contributed by atoms with Gasteiger partial charge in [0.1, 0.15) is 11.6 Å². The number of halogens is 2. The molecule has 2 aromatic rings. The maximum absolute atomic E-state index is 13.4. The molecule has 0 aliphatic rings.